The molecule has 6 nitrogen and oxygen atoms in total. The molecule has 1 amide bonds. The molecule has 2 aromatic heterocycles. The lowest BCUT2D eigenvalue weighted by Crippen LogP contribution is -2.49. The lowest BCUT2D eigenvalue weighted by Gasteiger charge is -2.35. The third-order valence-electron chi connectivity index (χ3n) is 4.96. The summed E-state index contributed by atoms with van der Waals surface area (Å²) in [5.74, 6) is 0.436. The third-order valence-corrected chi connectivity index (χ3v) is 4.96. The summed E-state index contributed by atoms with van der Waals surface area (Å²) in [6, 6.07) is 11.8. The number of benzene rings is 1. The number of amides is 1. The monoisotopic (exact) mass is 413 g/mol. The number of nitrogens with zero attached hydrogens (tertiary/aromatic N) is 5. The summed E-state index contributed by atoms with van der Waals surface area (Å²) >= 11 is 0. The number of rotatable bonds is 3. The molecule has 1 aliphatic rings. The Labute approximate surface area is 171 Å². The van der Waals surface area contributed by atoms with Gasteiger partial charge in [0.15, 0.2) is 5.82 Å². The molecule has 154 valence electrons. The molecule has 0 unspecified atom stereocenters. The Morgan fingerprint density at radius 2 is 1.63 bits per heavy atom. The van der Waals surface area contributed by atoms with E-state index in [0.29, 0.717) is 32.0 Å². The highest BCUT2D eigenvalue weighted by molar-refractivity contribution is 5.94. The number of hydrogen-bond acceptors (Lipinski definition) is 5. The van der Waals surface area contributed by atoms with Gasteiger partial charge in [-0.25, -0.2) is 0 Å². The van der Waals surface area contributed by atoms with E-state index < -0.39 is 11.7 Å². The molecule has 0 saturated carbocycles. The molecule has 0 spiro atoms. The average Bonchev–Trinajstić information content (AvgIpc) is 2.79. The van der Waals surface area contributed by atoms with Crippen LogP contribution in [0.1, 0.15) is 15.9 Å². The van der Waals surface area contributed by atoms with E-state index in [1.165, 1.54) is 12.1 Å². The van der Waals surface area contributed by atoms with Crippen LogP contribution in [0.3, 0.4) is 0 Å². The Kier molecular flexibility index (Phi) is 5.35. The van der Waals surface area contributed by atoms with Crippen molar-refractivity contribution in [1.82, 2.24) is 20.1 Å². The Hall–Kier alpha value is -3.49. The van der Waals surface area contributed by atoms with Gasteiger partial charge in [-0.15, -0.1) is 10.2 Å². The number of anilines is 1. The summed E-state index contributed by atoms with van der Waals surface area (Å²) in [5.41, 5.74) is 1.08. The van der Waals surface area contributed by atoms with Gasteiger partial charge in [-0.1, -0.05) is 0 Å². The fraction of sp³-hybridized carbons (Fsp3) is 0.238. The highest BCUT2D eigenvalue weighted by Gasteiger charge is 2.30. The van der Waals surface area contributed by atoms with Crippen molar-refractivity contribution >= 4 is 11.7 Å². The Morgan fingerprint density at radius 3 is 2.20 bits per heavy atom. The largest absolute Gasteiger partial charge is 0.416 e. The van der Waals surface area contributed by atoms with Crippen LogP contribution >= 0.6 is 0 Å². The van der Waals surface area contributed by atoms with E-state index in [2.05, 4.69) is 15.2 Å². The number of halogens is 3. The first-order valence-corrected chi connectivity index (χ1v) is 9.37. The summed E-state index contributed by atoms with van der Waals surface area (Å²) in [5, 5.41) is 8.53. The molecule has 3 heterocycles. The summed E-state index contributed by atoms with van der Waals surface area (Å²) in [6.07, 6.45) is -1.01. The van der Waals surface area contributed by atoms with Crippen LogP contribution in [0, 0.1) is 0 Å². The molecule has 0 bridgehead atoms. The molecule has 4 rings (SSSR count). The first kappa shape index (κ1) is 19.8. The van der Waals surface area contributed by atoms with Crippen LogP contribution in [0.4, 0.5) is 19.0 Å². The Bertz CT molecular complexity index is 1000. The van der Waals surface area contributed by atoms with E-state index >= 15 is 0 Å². The number of carbonyl (C=O) groups excluding carboxylic acids is 1. The number of carbonyl (C=O) groups is 1. The highest BCUT2D eigenvalue weighted by Crippen LogP contribution is 2.29. The zero-order chi connectivity index (χ0) is 21.1. The van der Waals surface area contributed by atoms with Crippen LogP contribution in [-0.2, 0) is 6.18 Å². The second-order valence-electron chi connectivity index (χ2n) is 6.87. The summed E-state index contributed by atoms with van der Waals surface area (Å²) in [7, 11) is 0. The topological polar surface area (TPSA) is 62.2 Å². The number of pyridine rings is 1. The number of piperazine rings is 1. The van der Waals surface area contributed by atoms with Gasteiger partial charge in [-0.2, -0.15) is 13.2 Å². The van der Waals surface area contributed by atoms with Gasteiger partial charge < -0.3 is 9.80 Å². The first-order valence-electron chi connectivity index (χ1n) is 9.37. The minimum Gasteiger partial charge on any atom is -0.352 e. The standard InChI is InChI=1S/C21H18F3N5O/c22-21(23,24)17-5-3-15(4-6-17)20(30)29-12-10-28(11-13-29)19-8-7-18(26-27-19)16-2-1-9-25-14-16/h1-9,14H,10-13H2. The maximum absolute atomic E-state index is 12.7. The number of hydrogen-bond donors (Lipinski definition) is 0. The van der Waals surface area contributed by atoms with Crippen LogP contribution in [0.25, 0.3) is 11.3 Å². The molecule has 30 heavy (non-hydrogen) atoms. The second kappa shape index (κ2) is 8.10. The molecular formula is C21H18F3N5O. The maximum Gasteiger partial charge on any atom is 0.416 e. The van der Waals surface area contributed by atoms with Crippen molar-refractivity contribution in [1.29, 1.82) is 0 Å². The van der Waals surface area contributed by atoms with Gasteiger partial charge >= 0.3 is 6.18 Å². The molecule has 0 radical (unpaired) electrons. The first-order chi connectivity index (χ1) is 14.4. The van der Waals surface area contributed by atoms with Crippen LogP contribution in [0.15, 0.2) is 60.9 Å². The molecule has 0 atom stereocenters. The molecule has 1 saturated heterocycles. The van der Waals surface area contributed by atoms with E-state index in [0.717, 1.165) is 23.4 Å². The molecule has 1 aliphatic heterocycles. The Balaban J connectivity index is 1.37. The van der Waals surface area contributed by atoms with Gasteiger partial charge in [-0.05, 0) is 48.5 Å². The smallest absolute Gasteiger partial charge is 0.352 e. The van der Waals surface area contributed by atoms with Gasteiger partial charge in [0.25, 0.3) is 5.91 Å². The van der Waals surface area contributed by atoms with Crippen LogP contribution < -0.4 is 4.90 Å². The van der Waals surface area contributed by atoms with Crippen molar-refractivity contribution in [2.75, 3.05) is 31.1 Å². The summed E-state index contributed by atoms with van der Waals surface area (Å²) < 4.78 is 38.1. The molecule has 3 aromatic rings. The summed E-state index contributed by atoms with van der Waals surface area (Å²) in [6.45, 7) is 2.03. The lowest BCUT2D eigenvalue weighted by molar-refractivity contribution is -0.137. The number of alkyl halides is 3. The van der Waals surface area contributed by atoms with E-state index in [9.17, 15) is 18.0 Å². The second-order valence-corrected chi connectivity index (χ2v) is 6.87. The zero-order valence-corrected chi connectivity index (χ0v) is 15.9. The summed E-state index contributed by atoms with van der Waals surface area (Å²) in [4.78, 5) is 20.3. The molecule has 0 N–H and O–H groups in total. The van der Waals surface area contributed by atoms with Crippen molar-refractivity contribution in [3.8, 4) is 11.3 Å². The predicted octanol–water partition coefficient (Wildman–Crippen LogP) is 3.52. The minimum absolute atomic E-state index is 0.247. The van der Waals surface area contributed by atoms with Gasteiger partial charge in [0.05, 0.1) is 11.3 Å². The predicted molar refractivity (Wildman–Crippen MR) is 105 cm³/mol. The van der Waals surface area contributed by atoms with E-state index in [1.807, 2.05) is 29.2 Å². The zero-order valence-electron chi connectivity index (χ0n) is 15.9. The van der Waals surface area contributed by atoms with E-state index in [4.69, 9.17) is 0 Å². The van der Waals surface area contributed by atoms with Gasteiger partial charge in [0.2, 0.25) is 0 Å². The molecular weight excluding hydrogens is 395 g/mol. The maximum atomic E-state index is 12.7. The van der Waals surface area contributed by atoms with Crippen LogP contribution in [0.5, 0.6) is 0 Å². The minimum atomic E-state index is -4.42. The van der Waals surface area contributed by atoms with E-state index in [1.54, 1.807) is 17.3 Å². The lowest BCUT2D eigenvalue weighted by atomic mass is 10.1. The van der Waals surface area contributed by atoms with Crippen molar-refractivity contribution in [3.05, 3.63) is 72.1 Å². The fourth-order valence-corrected chi connectivity index (χ4v) is 3.29. The third kappa shape index (κ3) is 4.24. The molecule has 1 aromatic carbocycles. The van der Waals surface area contributed by atoms with Crippen molar-refractivity contribution in [2.24, 2.45) is 0 Å². The van der Waals surface area contributed by atoms with Crippen LogP contribution in [0.2, 0.25) is 0 Å². The fourth-order valence-electron chi connectivity index (χ4n) is 3.29. The van der Waals surface area contributed by atoms with Gasteiger partial charge in [0, 0.05) is 49.7 Å². The van der Waals surface area contributed by atoms with Gasteiger partial charge in [0.1, 0.15) is 0 Å². The molecule has 1 fully saturated rings. The average molecular weight is 413 g/mol. The molecule has 9 heteroatoms. The molecule has 0 aliphatic carbocycles. The quantitative estimate of drug-likeness (QED) is 0.658. The van der Waals surface area contributed by atoms with Crippen molar-refractivity contribution in [2.45, 2.75) is 6.18 Å². The highest BCUT2D eigenvalue weighted by atomic mass is 19.4. The van der Waals surface area contributed by atoms with Crippen molar-refractivity contribution in [3.63, 3.8) is 0 Å². The SMILES string of the molecule is O=C(c1ccc(C(F)(F)F)cc1)N1CCN(c2ccc(-c3cccnc3)nn2)CC1. The van der Waals surface area contributed by atoms with Crippen LogP contribution in [-0.4, -0.2) is 52.2 Å². The normalized spacial score (nSPS) is 14.6. The Morgan fingerprint density at radius 1 is 0.900 bits per heavy atom. The van der Waals surface area contributed by atoms with Gasteiger partial charge in [-0.3, -0.25) is 9.78 Å². The van der Waals surface area contributed by atoms with Crippen molar-refractivity contribution < 1.29 is 18.0 Å². The van der Waals surface area contributed by atoms with E-state index in [-0.39, 0.29) is 11.5 Å². The number of aromatic nitrogens is 3.